The third-order valence-electron chi connectivity index (χ3n) is 5.08. The number of aliphatic hydroxyl groups is 1. The minimum absolute atomic E-state index is 0.0549. The van der Waals surface area contributed by atoms with Crippen molar-refractivity contribution in [3.63, 3.8) is 0 Å². The molecule has 1 atom stereocenters. The highest BCUT2D eigenvalue weighted by Gasteiger charge is 2.44. The van der Waals surface area contributed by atoms with Gasteiger partial charge in [0.25, 0.3) is 0 Å². The van der Waals surface area contributed by atoms with E-state index in [4.69, 9.17) is 0 Å². The summed E-state index contributed by atoms with van der Waals surface area (Å²) in [7, 11) is 0. The first-order valence-corrected chi connectivity index (χ1v) is 10.1. The maximum atomic E-state index is 14.6. The fraction of sp³-hybridized carbons (Fsp3) is 0.238. The molecule has 0 saturated heterocycles. The summed E-state index contributed by atoms with van der Waals surface area (Å²) in [5.74, 6) is -2.51. The van der Waals surface area contributed by atoms with Crippen molar-refractivity contribution in [2.45, 2.75) is 31.2 Å². The van der Waals surface area contributed by atoms with Crippen LogP contribution in [-0.2, 0) is 18.7 Å². The van der Waals surface area contributed by atoms with E-state index in [0.29, 0.717) is 6.07 Å². The molecule has 36 heavy (non-hydrogen) atoms. The van der Waals surface area contributed by atoms with Gasteiger partial charge in [-0.3, -0.25) is 4.57 Å². The zero-order chi connectivity index (χ0) is 26.1. The smallest absolute Gasteiger partial charge is 0.428 e. The maximum absolute atomic E-state index is 14.6. The predicted molar refractivity (Wildman–Crippen MR) is 110 cm³/mol. The van der Waals surface area contributed by atoms with E-state index >= 15 is 0 Å². The van der Waals surface area contributed by atoms with Gasteiger partial charge >= 0.3 is 18.2 Å². The molecule has 0 spiro atoms. The quantitative estimate of drug-likeness (QED) is 0.345. The zero-order valence-electron chi connectivity index (χ0n) is 18.0. The molecule has 0 amide bonds. The van der Waals surface area contributed by atoms with E-state index in [2.05, 4.69) is 19.9 Å². The van der Waals surface area contributed by atoms with Crippen LogP contribution in [0.1, 0.15) is 5.56 Å². The van der Waals surface area contributed by atoms with Crippen molar-refractivity contribution in [3.8, 4) is 11.4 Å². The second-order valence-corrected chi connectivity index (χ2v) is 7.66. The lowest BCUT2D eigenvalue weighted by atomic mass is 9.92. The number of alkyl halides is 4. The van der Waals surface area contributed by atoms with Crippen molar-refractivity contribution in [3.05, 3.63) is 89.1 Å². The molecular formula is C21H16F6N6O3. The summed E-state index contributed by atoms with van der Waals surface area (Å²) < 4.78 is 85.8. The van der Waals surface area contributed by atoms with E-state index in [1.807, 2.05) is 0 Å². The van der Waals surface area contributed by atoms with Gasteiger partial charge in [-0.15, -0.1) is 0 Å². The Kier molecular flexibility index (Phi) is 6.58. The lowest BCUT2D eigenvalue weighted by Gasteiger charge is -2.28. The number of hydrogen-bond acceptors (Lipinski definition) is 6. The van der Waals surface area contributed by atoms with Gasteiger partial charge in [0.2, 0.25) is 0 Å². The number of ether oxygens (including phenoxy) is 1. The highest BCUT2D eigenvalue weighted by Crippen LogP contribution is 2.29. The van der Waals surface area contributed by atoms with Crippen LogP contribution >= 0.6 is 0 Å². The fourth-order valence-electron chi connectivity index (χ4n) is 3.43. The molecule has 0 fully saturated rings. The van der Waals surface area contributed by atoms with Crippen molar-refractivity contribution in [1.29, 1.82) is 0 Å². The molecule has 4 rings (SSSR count). The average Bonchev–Trinajstić information content (AvgIpc) is 3.44. The Labute approximate surface area is 197 Å². The van der Waals surface area contributed by atoms with Crippen LogP contribution in [0.3, 0.4) is 0 Å². The molecule has 9 nitrogen and oxygen atoms in total. The van der Waals surface area contributed by atoms with Crippen molar-refractivity contribution in [1.82, 2.24) is 29.1 Å². The van der Waals surface area contributed by atoms with Crippen LogP contribution in [0, 0.1) is 11.6 Å². The zero-order valence-corrected chi connectivity index (χ0v) is 18.0. The summed E-state index contributed by atoms with van der Waals surface area (Å²) in [6, 6.07) is 6.67. The van der Waals surface area contributed by atoms with E-state index in [1.54, 1.807) is 0 Å². The second-order valence-electron chi connectivity index (χ2n) is 7.66. The SMILES string of the molecule is O=c1n(C[C@](O)(Cn2cncn2)c2ccc(F)cc2F)cnn1-c1ccc(OC(F)(F)C(F)F)cc1. The first-order chi connectivity index (χ1) is 17.0. The first kappa shape index (κ1) is 25.0. The van der Waals surface area contributed by atoms with E-state index < -0.39 is 47.8 Å². The van der Waals surface area contributed by atoms with Gasteiger partial charge in [-0.25, -0.2) is 23.2 Å². The summed E-state index contributed by atoms with van der Waals surface area (Å²) >= 11 is 0. The summed E-state index contributed by atoms with van der Waals surface area (Å²) in [6.07, 6.45) is -5.29. The van der Waals surface area contributed by atoms with Crippen LogP contribution in [0.4, 0.5) is 26.3 Å². The van der Waals surface area contributed by atoms with E-state index in [1.165, 1.54) is 17.3 Å². The molecule has 0 unspecified atom stereocenters. The topological polar surface area (TPSA) is 100.0 Å². The number of nitrogens with zero attached hydrogens (tertiary/aromatic N) is 6. The molecule has 0 bridgehead atoms. The van der Waals surface area contributed by atoms with Gasteiger partial charge in [-0.2, -0.15) is 32.4 Å². The molecule has 0 aliphatic carbocycles. The first-order valence-electron chi connectivity index (χ1n) is 10.1. The van der Waals surface area contributed by atoms with Gasteiger partial charge in [0.05, 0.1) is 18.8 Å². The minimum Gasteiger partial charge on any atom is -0.428 e. The van der Waals surface area contributed by atoms with Gasteiger partial charge in [0, 0.05) is 11.6 Å². The number of aromatic nitrogens is 6. The number of hydrogen-bond donors (Lipinski definition) is 1. The molecule has 2 aromatic heterocycles. The molecule has 15 heteroatoms. The van der Waals surface area contributed by atoms with Crippen LogP contribution in [0.25, 0.3) is 5.69 Å². The van der Waals surface area contributed by atoms with Gasteiger partial charge in [-0.1, -0.05) is 6.07 Å². The Morgan fingerprint density at radius 1 is 1.00 bits per heavy atom. The molecule has 2 aromatic carbocycles. The van der Waals surface area contributed by atoms with Crippen molar-refractivity contribution in [2.24, 2.45) is 0 Å². The summed E-state index contributed by atoms with van der Waals surface area (Å²) in [5, 5.41) is 19.1. The molecule has 0 aliphatic heterocycles. The fourth-order valence-corrected chi connectivity index (χ4v) is 3.43. The number of halogens is 6. The molecule has 0 saturated carbocycles. The lowest BCUT2D eigenvalue weighted by molar-refractivity contribution is -0.253. The average molecular weight is 514 g/mol. The molecule has 1 N–H and O–H groups in total. The molecule has 0 radical (unpaired) electrons. The highest BCUT2D eigenvalue weighted by molar-refractivity contribution is 5.36. The number of rotatable bonds is 9. The Hall–Kier alpha value is -4.14. The molecule has 4 aromatic rings. The minimum atomic E-state index is -4.70. The van der Waals surface area contributed by atoms with Crippen molar-refractivity contribution in [2.75, 3.05) is 0 Å². The van der Waals surface area contributed by atoms with Gasteiger partial charge < -0.3 is 9.84 Å². The Bertz CT molecular complexity index is 1390. The van der Waals surface area contributed by atoms with Crippen LogP contribution in [0.5, 0.6) is 5.75 Å². The molecule has 0 aliphatic rings. The van der Waals surface area contributed by atoms with Gasteiger partial charge in [0.1, 0.15) is 42.0 Å². The highest BCUT2D eigenvalue weighted by atomic mass is 19.3. The van der Waals surface area contributed by atoms with Crippen LogP contribution in [0.15, 0.2) is 66.2 Å². The molecular weight excluding hydrogens is 498 g/mol. The van der Waals surface area contributed by atoms with E-state index in [9.17, 15) is 36.2 Å². The predicted octanol–water partition coefficient (Wildman–Crippen LogP) is 2.73. The van der Waals surface area contributed by atoms with E-state index in [-0.39, 0.29) is 17.8 Å². The normalized spacial score (nSPS) is 13.7. The Balaban J connectivity index is 1.63. The lowest BCUT2D eigenvalue weighted by Crippen LogP contribution is -2.40. The Morgan fingerprint density at radius 3 is 2.33 bits per heavy atom. The van der Waals surface area contributed by atoms with Gasteiger partial charge in [0.15, 0.2) is 0 Å². The summed E-state index contributed by atoms with van der Waals surface area (Å²) in [5.41, 5.74) is -3.19. The monoisotopic (exact) mass is 514 g/mol. The van der Waals surface area contributed by atoms with Crippen LogP contribution in [0.2, 0.25) is 0 Å². The third kappa shape index (κ3) is 5.10. The summed E-state index contributed by atoms with van der Waals surface area (Å²) in [4.78, 5) is 16.7. The largest absolute Gasteiger partial charge is 0.461 e. The summed E-state index contributed by atoms with van der Waals surface area (Å²) in [6.45, 7) is -0.909. The Morgan fingerprint density at radius 2 is 1.72 bits per heavy atom. The molecule has 2 heterocycles. The van der Waals surface area contributed by atoms with Crippen molar-refractivity contribution < 1.29 is 36.2 Å². The third-order valence-corrected chi connectivity index (χ3v) is 5.08. The maximum Gasteiger partial charge on any atom is 0.461 e. The van der Waals surface area contributed by atoms with Crippen LogP contribution < -0.4 is 10.4 Å². The van der Waals surface area contributed by atoms with Crippen molar-refractivity contribution >= 4 is 0 Å². The van der Waals surface area contributed by atoms with Gasteiger partial charge in [-0.05, 0) is 30.3 Å². The molecule has 190 valence electrons. The second kappa shape index (κ2) is 9.49. The van der Waals surface area contributed by atoms with Crippen LogP contribution in [-0.4, -0.2) is 46.8 Å². The standard InChI is InChI=1S/C21H16F6N6O3/c22-13-1-6-16(17(23)7-13)20(35,9-32-11-28-10-29-32)8-31-12-30-33(19(31)34)14-2-4-15(5-3-14)36-21(26,27)18(24)25/h1-7,10-12,18,35H,8-9H2/t20-/m0/s1. The van der Waals surface area contributed by atoms with E-state index in [0.717, 1.165) is 52.0 Å². The number of benzene rings is 2.